The standard InChI is InChI=1S/C53H34Br4N2/c54-39-12-24-45(25-13-39)58(46-26-14-40(55)15-27-46)43-20-6-36(7-21-43)51(49-32-11-38-5-4-34-2-1-3-35-10-33-50(49)53(38)52(34)35)37-8-22-44(23-9-37)59(47-28-16-41(56)17-29-47)48-30-18-42(57)19-31-48/h1-33,51H. The van der Waals surface area contributed by atoms with Crippen molar-refractivity contribution in [1.82, 2.24) is 0 Å². The van der Waals surface area contributed by atoms with E-state index in [1.165, 1.54) is 49.0 Å². The van der Waals surface area contributed by atoms with Gasteiger partial charge in [-0.15, -0.1) is 0 Å². The van der Waals surface area contributed by atoms with Gasteiger partial charge in [0.1, 0.15) is 0 Å². The Labute approximate surface area is 377 Å². The molecular formula is C53H34Br4N2. The Morgan fingerprint density at radius 3 is 0.966 bits per heavy atom. The maximum absolute atomic E-state index is 3.64. The molecule has 2 nitrogen and oxygen atoms in total. The first-order valence-corrected chi connectivity index (χ1v) is 22.5. The predicted molar refractivity (Wildman–Crippen MR) is 264 cm³/mol. The van der Waals surface area contributed by atoms with E-state index in [9.17, 15) is 0 Å². The molecule has 0 aliphatic heterocycles. The van der Waals surface area contributed by atoms with Crippen LogP contribution >= 0.6 is 63.7 Å². The molecular weight excluding hydrogens is 984 g/mol. The van der Waals surface area contributed by atoms with Gasteiger partial charge in [-0.25, -0.2) is 0 Å². The van der Waals surface area contributed by atoms with E-state index in [0.29, 0.717) is 0 Å². The number of nitrogens with zero attached hydrogens (tertiary/aromatic N) is 2. The smallest absolute Gasteiger partial charge is 0.0462 e. The molecule has 0 amide bonds. The van der Waals surface area contributed by atoms with Crippen LogP contribution in [0.15, 0.2) is 218 Å². The average Bonchev–Trinajstić information content (AvgIpc) is 3.27. The van der Waals surface area contributed by atoms with Gasteiger partial charge >= 0.3 is 0 Å². The van der Waals surface area contributed by atoms with Gasteiger partial charge in [-0.1, -0.05) is 143 Å². The van der Waals surface area contributed by atoms with Crippen LogP contribution in [0.1, 0.15) is 22.6 Å². The first-order valence-electron chi connectivity index (χ1n) is 19.4. The van der Waals surface area contributed by atoms with Gasteiger partial charge < -0.3 is 9.80 Å². The number of hydrogen-bond acceptors (Lipinski definition) is 2. The van der Waals surface area contributed by atoms with E-state index < -0.39 is 0 Å². The van der Waals surface area contributed by atoms with E-state index in [2.05, 4.69) is 274 Å². The maximum Gasteiger partial charge on any atom is 0.0462 e. The number of rotatable bonds is 9. The third kappa shape index (κ3) is 7.38. The summed E-state index contributed by atoms with van der Waals surface area (Å²) in [4.78, 5) is 4.61. The number of anilines is 6. The Kier molecular flexibility index (Phi) is 10.4. The second-order valence-corrected chi connectivity index (χ2v) is 18.4. The van der Waals surface area contributed by atoms with Crippen LogP contribution in [0, 0.1) is 0 Å². The van der Waals surface area contributed by atoms with Crippen LogP contribution in [0.5, 0.6) is 0 Å². The van der Waals surface area contributed by atoms with Gasteiger partial charge in [0.15, 0.2) is 0 Å². The molecule has 59 heavy (non-hydrogen) atoms. The second kappa shape index (κ2) is 16.1. The first kappa shape index (κ1) is 38.0. The summed E-state index contributed by atoms with van der Waals surface area (Å²) in [7, 11) is 0. The van der Waals surface area contributed by atoms with Crippen molar-refractivity contribution in [3.8, 4) is 0 Å². The molecule has 10 rings (SSSR count). The Morgan fingerprint density at radius 1 is 0.288 bits per heavy atom. The Hall–Kier alpha value is -5.24. The maximum atomic E-state index is 3.64. The van der Waals surface area contributed by atoms with E-state index in [4.69, 9.17) is 0 Å². The highest BCUT2D eigenvalue weighted by atomic mass is 79.9. The molecule has 0 aliphatic rings. The van der Waals surface area contributed by atoms with Gasteiger partial charge in [-0.05, 0) is 170 Å². The van der Waals surface area contributed by atoms with Gasteiger partial charge in [0.05, 0.1) is 0 Å². The lowest BCUT2D eigenvalue weighted by atomic mass is 9.81. The normalized spacial score (nSPS) is 11.5. The fraction of sp³-hybridized carbons (Fsp3) is 0.0189. The summed E-state index contributed by atoms with van der Waals surface area (Å²) < 4.78 is 4.19. The first-order chi connectivity index (χ1) is 28.9. The third-order valence-electron chi connectivity index (χ3n) is 11.2. The van der Waals surface area contributed by atoms with Crippen LogP contribution in [0.3, 0.4) is 0 Å². The van der Waals surface area contributed by atoms with Crippen LogP contribution in [0.4, 0.5) is 34.1 Å². The van der Waals surface area contributed by atoms with Crippen LogP contribution in [-0.4, -0.2) is 0 Å². The molecule has 0 atom stereocenters. The zero-order valence-corrected chi connectivity index (χ0v) is 37.9. The van der Waals surface area contributed by atoms with Crippen molar-refractivity contribution in [3.05, 3.63) is 235 Å². The molecule has 0 radical (unpaired) electrons. The third-order valence-corrected chi connectivity index (χ3v) is 13.3. The summed E-state index contributed by atoms with van der Waals surface area (Å²) in [5.74, 6) is -0.0368. The minimum Gasteiger partial charge on any atom is -0.311 e. The highest BCUT2D eigenvalue weighted by Crippen LogP contribution is 2.44. The van der Waals surface area contributed by atoms with Crippen molar-refractivity contribution in [1.29, 1.82) is 0 Å². The molecule has 10 aromatic carbocycles. The Bertz CT molecular complexity index is 2810. The van der Waals surface area contributed by atoms with Crippen molar-refractivity contribution in [2.24, 2.45) is 0 Å². The average molecular weight is 1020 g/mol. The summed E-state index contributed by atoms with van der Waals surface area (Å²) in [6.07, 6.45) is 0. The molecule has 0 fully saturated rings. The van der Waals surface area contributed by atoms with Crippen molar-refractivity contribution >= 4 is 130 Å². The van der Waals surface area contributed by atoms with Crippen LogP contribution < -0.4 is 9.80 Å². The number of benzene rings is 10. The van der Waals surface area contributed by atoms with Crippen molar-refractivity contribution in [2.45, 2.75) is 5.92 Å². The van der Waals surface area contributed by atoms with E-state index in [0.717, 1.165) is 52.0 Å². The minimum absolute atomic E-state index is 0.0368. The largest absolute Gasteiger partial charge is 0.311 e. The number of halogens is 4. The lowest BCUT2D eigenvalue weighted by molar-refractivity contribution is 0.988. The fourth-order valence-electron chi connectivity index (χ4n) is 8.45. The van der Waals surface area contributed by atoms with E-state index in [-0.39, 0.29) is 5.92 Å². The van der Waals surface area contributed by atoms with Crippen LogP contribution in [0.2, 0.25) is 0 Å². The quantitative estimate of drug-likeness (QED) is 0.105. The minimum atomic E-state index is -0.0368. The highest BCUT2D eigenvalue weighted by molar-refractivity contribution is 9.11. The van der Waals surface area contributed by atoms with Crippen LogP contribution in [0.25, 0.3) is 32.3 Å². The van der Waals surface area contributed by atoms with Gasteiger partial charge in [0.25, 0.3) is 0 Å². The van der Waals surface area contributed by atoms with Gasteiger partial charge in [-0.2, -0.15) is 0 Å². The molecule has 0 N–H and O–H groups in total. The van der Waals surface area contributed by atoms with E-state index >= 15 is 0 Å². The molecule has 0 heterocycles. The van der Waals surface area contributed by atoms with E-state index in [1.54, 1.807) is 0 Å². The highest BCUT2D eigenvalue weighted by Gasteiger charge is 2.23. The van der Waals surface area contributed by atoms with Crippen molar-refractivity contribution in [2.75, 3.05) is 9.80 Å². The molecule has 0 saturated carbocycles. The molecule has 0 saturated heterocycles. The zero-order valence-electron chi connectivity index (χ0n) is 31.5. The van der Waals surface area contributed by atoms with Gasteiger partial charge in [-0.3, -0.25) is 0 Å². The fourth-order valence-corrected chi connectivity index (χ4v) is 9.51. The predicted octanol–water partition coefficient (Wildman–Crippen LogP) is 17.8. The van der Waals surface area contributed by atoms with Gasteiger partial charge in [0.2, 0.25) is 0 Å². The molecule has 6 heteroatoms. The topological polar surface area (TPSA) is 6.48 Å². The van der Waals surface area contributed by atoms with Crippen molar-refractivity contribution in [3.63, 3.8) is 0 Å². The summed E-state index contributed by atoms with van der Waals surface area (Å²) in [6.45, 7) is 0. The summed E-state index contributed by atoms with van der Waals surface area (Å²) in [5, 5.41) is 7.73. The molecule has 0 bridgehead atoms. The lowest BCUT2D eigenvalue weighted by Gasteiger charge is -2.28. The lowest BCUT2D eigenvalue weighted by Crippen LogP contribution is -2.11. The molecule has 0 aromatic heterocycles. The monoisotopic (exact) mass is 1010 g/mol. The van der Waals surface area contributed by atoms with E-state index in [1.807, 2.05) is 0 Å². The molecule has 10 aromatic rings. The second-order valence-electron chi connectivity index (χ2n) is 14.7. The Morgan fingerprint density at radius 2 is 0.593 bits per heavy atom. The molecule has 284 valence electrons. The van der Waals surface area contributed by atoms with Crippen LogP contribution in [-0.2, 0) is 0 Å². The zero-order chi connectivity index (χ0) is 40.0. The van der Waals surface area contributed by atoms with Crippen molar-refractivity contribution < 1.29 is 0 Å². The summed E-state index contributed by atoms with van der Waals surface area (Å²) in [5.41, 5.74) is 10.2. The summed E-state index contributed by atoms with van der Waals surface area (Å²) in [6, 6.07) is 72.7. The molecule has 0 aliphatic carbocycles. The number of hydrogen-bond donors (Lipinski definition) is 0. The van der Waals surface area contributed by atoms with Gasteiger partial charge in [0, 0.05) is 57.9 Å². The molecule has 0 unspecified atom stereocenters. The Balaban J connectivity index is 1.13. The summed E-state index contributed by atoms with van der Waals surface area (Å²) >= 11 is 14.5. The SMILES string of the molecule is Brc1ccc(N(c2ccc(Br)cc2)c2ccc(C(c3ccc(N(c4ccc(Br)cc4)c4ccc(Br)cc4)cc3)c3ccc4ccc5cccc6ccc3c4c56)cc2)cc1. The molecule has 0 spiro atoms.